The number of rotatable bonds is 5. The normalized spacial score (nSPS) is 19.3. The van der Waals surface area contributed by atoms with Crippen molar-refractivity contribution in [1.82, 2.24) is 4.90 Å². The molecule has 2 rings (SSSR count). The van der Waals surface area contributed by atoms with E-state index >= 15 is 0 Å². The average Bonchev–Trinajstić information content (AvgIpc) is 2.77. The summed E-state index contributed by atoms with van der Waals surface area (Å²) in [4.78, 5) is 25.6. The summed E-state index contributed by atoms with van der Waals surface area (Å²) >= 11 is 12.4. The van der Waals surface area contributed by atoms with E-state index in [1.165, 1.54) is 0 Å². The summed E-state index contributed by atoms with van der Waals surface area (Å²) in [6, 6.07) is 6.03. The van der Waals surface area contributed by atoms with Crippen LogP contribution in [0.3, 0.4) is 0 Å². The molecule has 1 aliphatic heterocycles. The highest BCUT2D eigenvalue weighted by molar-refractivity contribution is 8.26. The molecule has 0 unspecified atom stereocenters. The quantitative estimate of drug-likeness (QED) is 0.590. The highest BCUT2D eigenvalue weighted by atomic mass is 35.5. The third-order valence-corrected chi connectivity index (χ3v) is 5.39. The summed E-state index contributed by atoms with van der Waals surface area (Å²) in [5, 5.41) is 12.0. The van der Waals surface area contributed by atoms with Crippen LogP contribution in [-0.2, 0) is 9.59 Å². The standard InChI is InChI=1S/C16H16ClNO3S2/c1-3-9(2)13(15(20)21)18-14(19)12(23-16(18)22)8-10-6-4-5-7-11(10)17/h4-9,13H,3H2,1-2H3,(H,20,21)/p-1/b12-8-/t9-,13+/m1/s1. The number of carbonyl (C=O) groups is 2. The van der Waals surface area contributed by atoms with Crippen LogP contribution in [0.4, 0.5) is 0 Å². The lowest BCUT2D eigenvalue weighted by Gasteiger charge is -2.32. The van der Waals surface area contributed by atoms with Gasteiger partial charge in [0, 0.05) is 5.02 Å². The Morgan fingerprint density at radius 3 is 2.70 bits per heavy atom. The lowest BCUT2D eigenvalue weighted by molar-refractivity contribution is -0.311. The zero-order valence-corrected chi connectivity index (χ0v) is 15.0. The van der Waals surface area contributed by atoms with Gasteiger partial charge < -0.3 is 9.90 Å². The van der Waals surface area contributed by atoms with E-state index < -0.39 is 17.9 Å². The van der Waals surface area contributed by atoms with Crippen molar-refractivity contribution in [3.8, 4) is 0 Å². The summed E-state index contributed by atoms with van der Waals surface area (Å²) in [5.41, 5.74) is 0.684. The van der Waals surface area contributed by atoms with Gasteiger partial charge in [0.2, 0.25) is 0 Å². The van der Waals surface area contributed by atoms with Crippen molar-refractivity contribution >= 4 is 57.9 Å². The van der Waals surface area contributed by atoms with Crippen LogP contribution in [0.2, 0.25) is 5.02 Å². The van der Waals surface area contributed by atoms with E-state index in [0.29, 0.717) is 21.9 Å². The van der Waals surface area contributed by atoms with Crippen LogP contribution in [0.25, 0.3) is 6.08 Å². The first-order valence-corrected chi connectivity index (χ1v) is 8.69. The maximum Gasteiger partial charge on any atom is 0.266 e. The molecule has 0 N–H and O–H groups in total. The summed E-state index contributed by atoms with van der Waals surface area (Å²) in [5.74, 6) is -1.98. The molecule has 7 heteroatoms. The number of carboxylic acids is 1. The summed E-state index contributed by atoms with van der Waals surface area (Å²) in [6.07, 6.45) is 2.23. The first-order chi connectivity index (χ1) is 10.9. The van der Waals surface area contributed by atoms with Crippen LogP contribution in [0.1, 0.15) is 25.8 Å². The van der Waals surface area contributed by atoms with Crippen LogP contribution < -0.4 is 5.11 Å². The minimum absolute atomic E-state index is 0.225. The van der Waals surface area contributed by atoms with Crippen molar-refractivity contribution in [3.63, 3.8) is 0 Å². The number of aliphatic carboxylic acids is 1. The summed E-state index contributed by atoms with van der Waals surface area (Å²) in [7, 11) is 0. The maximum absolute atomic E-state index is 12.6. The molecule has 0 aromatic heterocycles. The lowest BCUT2D eigenvalue weighted by Crippen LogP contribution is -2.53. The van der Waals surface area contributed by atoms with Gasteiger partial charge in [-0.15, -0.1) is 0 Å². The van der Waals surface area contributed by atoms with Gasteiger partial charge in [0.05, 0.1) is 16.9 Å². The molecule has 1 fully saturated rings. The van der Waals surface area contributed by atoms with Crippen LogP contribution >= 0.6 is 35.6 Å². The second-order valence-electron chi connectivity index (χ2n) is 5.22. The molecule has 23 heavy (non-hydrogen) atoms. The van der Waals surface area contributed by atoms with Gasteiger partial charge in [-0.05, 0) is 23.6 Å². The Labute approximate surface area is 149 Å². The van der Waals surface area contributed by atoms with Crippen molar-refractivity contribution in [2.45, 2.75) is 26.3 Å². The van der Waals surface area contributed by atoms with Crippen LogP contribution in [0.5, 0.6) is 0 Å². The SMILES string of the molecule is CC[C@@H](C)[C@@H](C(=O)[O-])N1C(=O)/C(=C/c2ccccc2Cl)SC1=S. The zero-order chi connectivity index (χ0) is 17.1. The Balaban J connectivity index is 2.36. The molecule has 0 saturated carbocycles. The van der Waals surface area contributed by atoms with E-state index in [1.807, 2.05) is 13.0 Å². The van der Waals surface area contributed by atoms with Gasteiger partial charge in [0.15, 0.2) is 0 Å². The van der Waals surface area contributed by atoms with Crippen LogP contribution in [-0.4, -0.2) is 27.1 Å². The molecular weight excluding hydrogens is 354 g/mol. The van der Waals surface area contributed by atoms with Crippen molar-refractivity contribution in [2.75, 3.05) is 0 Å². The Morgan fingerprint density at radius 2 is 2.13 bits per heavy atom. The van der Waals surface area contributed by atoms with Gasteiger partial charge in [-0.2, -0.15) is 0 Å². The fourth-order valence-corrected chi connectivity index (χ4v) is 3.78. The number of hydrogen-bond acceptors (Lipinski definition) is 5. The first-order valence-electron chi connectivity index (χ1n) is 7.09. The molecule has 1 heterocycles. The summed E-state index contributed by atoms with van der Waals surface area (Å²) < 4.78 is 0.225. The van der Waals surface area contributed by atoms with Gasteiger partial charge in [-0.1, -0.05) is 74.0 Å². The van der Waals surface area contributed by atoms with E-state index in [1.54, 1.807) is 31.2 Å². The minimum Gasteiger partial charge on any atom is -0.548 e. The van der Waals surface area contributed by atoms with Gasteiger partial charge in [-0.25, -0.2) is 0 Å². The lowest BCUT2D eigenvalue weighted by atomic mass is 9.98. The maximum atomic E-state index is 12.6. The molecule has 122 valence electrons. The number of carboxylic acid groups (broad SMARTS) is 1. The number of hydrogen-bond donors (Lipinski definition) is 0. The molecule has 2 atom stereocenters. The highest BCUT2D eigenvalue weighted by Gasteiger charge is 2.39. The van der Waals surface area contributed by atoms with E-state index in [-0.39, 0.29) is 10.2 Å². The van der Waals surface area contributed by atoms with E-state index in [4.69, 9.17) is 23.8 Å². The Kier molecular flexibility index (Phi) is 5.84. The van der Waals surface area contributed by atoms with E-state index in [2.05, 4.69) is 0 Å². The third-order valence-electron chi connectivity index (χ3n) is 3.72. The highest BCUT2D eigenvalue weighted by Crippen LogP contribution is 2.36. The molecular formula is C16H15ClNO3S2-. The van der Waals surface area contributed by atoms with Gasteiger partial charge >= 0.3 is 0 Å². The smallest absolute Gasteiger partial charge is 0.266 e. The molecule has 4 nitrogen and oxygen atoms in total. The molecule has 0 bridgehead atoms. The largest absolute Gasteiger partial charge is 0.548 e. The van der Waals surface area contributed by atoms with Gasteiger partial charge in [0.25, 0.3) is 5.91 Å². The molecule has 0 radical (unpaired) electrons. The molecule has 1 aromatic carbocycles. The molecule has 1 amide bonds. The van der Waals surface area contributed by atoms with Crippen molar-refractivity contribution in [2.24, 2.45) is 5.92 Å². The number of thiocarbonyl (C=S) groups is 1. The van der Waals surface area contributed by atoms with Crippen LogP contribution in [0, 0.1) is 5.92 Å². The Bertz CT molecular complexity index is 690. The van der Waals surface area contributed by atoms with E-state index in [0.717, 1.165) is 16.7 Å². The van der Waals surface area contributed by atoms with Crippen molar-refractivity contribution in [3.05, 3.63) is 39.8 Å². The van der Waals surface area contributed by atoms with Gasteiger partial charge in [0.1, 0.15) is 4.32 Å². The monoisotopic (exact) mass is 368 g/mol. The number of carbonyl (C=O) groups excluding carboxylic acids is 2. The third kappa shape index (κ3) is 3.76. The minimum atomic E-state index is -1.30. The van der Waals surface area contributed by atoms with Crippen LogP contribution in [0.15, 0.2) is 29.2 Å². The first kappa shape index (κ1) is 18.0. The van der Waals surface area contributed by atoms with E-state index in [9.17, 15) is 14.7 Å². The molecule has 0 aliphatic carbocycles. The Morgan fingerprint density at radius 1 is 1.48 bits per heavy atom. The predicted molar refractivity (Wildman–Crippen MR) is 94.7 cm³/mol. The number of benzene rings is 1. The number of nitrogens with zero attached hydrogens (tertiary/aromatic N) is 1. The zero-order valence-electron chi connectivity index (χ0n) is 12.6. The topological polar surface area (TPSA) is 60.4 Å². The van der Waals surface area contributed by atoms with Gasteiger partial charge in [-0.3, -0.25) is 9.69 Å². The van der Waals surface area contributed by atoms with Crippen molar-refractivity contribution < 1.29 is 14.7 Å². The predicted octanol–water partition coefficient (Wildman–Crippen LogP) is 2.71. The second-order valence-corrected chi connectivity index (χ2v) is 7.31. The molecule has 1 saturated heterocycles. The number of amides is 1. The average molecular weight is 369 g/mol. The fraction of sp³-hybridized carbons (Fsp3) is 0.312. The second kappa shape index (κ2) is 7.47. The molecule has 1 aromatic rings. The Hall–Kier alpha value is -1.37. The fourth-order valence-electron chi connectivity index (χ4n) is 2.27. The van der Waals surface area contributed by atoms with Crippen molar-refractivity contribution in [1.29, 1.82) is 0 Å². The molecule has 0 spiro atoms. The number of thioether (sulfide) groups is 1. The summed E-state index contributed by atoms with van der Waals surface area (Å²) in [6.45, 7) is 3.62. The molecule has 1 aliphatic rings. The number of halogens is 1.